The Labute approximate surface area is 240 Å². The molecule has 2 aromatic heterocycles. The van der Waals surface area contributed by atoms with Crippen molar-refractivity contribution in [2.75, 3.05) is 16.6 Å². The van der Waals surface area contributed by atoms with Crippen LogP contribution in [0.5, 0.6) is 0 Å². The summed E-state index contributed by atoms with van der Waals surface area (Å²) < 4.78 is 69.7. The third kappa shape index (κ3) is 6.14. The maximum atomic E-state index is 13.4. The van der Waals surface area contributed by atoms with Gasteiger partial charge in [-0.15, -0.1) is 0 Å². The van der Waals surface area contributed by atoms with Crippen molar-refractivity contribution in [1.29, 1.82) is 5.26 Å². The number of nitrogens with one attached hydrogen (secondary N) is 1. The molecule has 0 amide bonds. The van der Waals surface area contributed by atoms with Gasteiger partial charge in [-0.1, -0.05) is 23.7 Å². The van der Waals surface area contributed by atoms with Gasteiger partial charge in [-0.3, -0.25) is 4.57 Å². The summed E-state index contributed by atoms with van der Waals surface area (Å²) in [5.74, 6) is -2.18. The van der Waals surface area contributed by atoms with Crippen LogP contribution in [0.25, 0.3) is 11.0 Å². The number of pyridine rings is 1. The van der Waals surface area contributed by atoms with Gasteiger partial charge >= 0.3 is 7.60 Å². The first-order valence-corrected chi connectivity index (χ1v) is 16.5. The van der Waals surface area contributed by atoms with Crippen molar-refractivity contribution in [2.45, 2.75) is 57.1 Å². The molecule has 2 aliphatic rings. The molecule has 0 radical (unpaired) electrons. The lowest BCUT2D eigenvalue weighted by atomic mass is 10.1. The largest absolute Gasteiger partial charge is 0.377 e. The van der Waals surface area contributed by atoms with E-state index in [2.05, 4.69) is 16.4 Å². The van der Waals surface area contributed by atoms with Gasteiger partial charge in [-0.05, 0) is 44.5 Å². The van der Waals surface area contributed by atoms with Crippen LogP contribution in [-0.2, 0) is 28.6 Å². The lowest BCUT2D eigenvalue weighted by Crippen LogP contribution is -2.35. The van der Waals surface area contributed by atoms with Gasteiger partial charge in [-0.25, -0.2) is 17.8 Å². The van der Waals surface area contributed by atoms with Crippen molar-refractivity contribution in [2.24, 2.45) is 0 Å². The van der Waals surface area contributed by atoms with Crippen molar-refractivity contribution in [1.82, 2.24) is 9.55 Å². The molecule has 5 atom stereocenters. The van der Waals surface area contributed by atoms with E-state index < -0.39 is 59.0 Å². The summed E-state index contributed by atoms with van der Waals surface area (Å²) in [4.78, 5) is 22.9. The van der Waals surface area contributed by atoms with Crippen molar-refractivity contribution >= 4 is 45.8 Å². The van der Waals surface area contributed by atoms with Gasteiger partial charge in [0.1, 0.15) is 41.4 Å². The third-order valence-electron chi connectivity index (χ3n) is 6.84. The molecule has 3 N–H and O–H groups in total. The lowest BCUT2D eigenvalue weighted by molar-refractivity contribution is -0.193. The van der Waals surface area contributed by atoms with Crippen LogP contribution >= 0.6 is 19.2 Å². The topological polar surface area (TPSA) is 173 Å². The van der Waals surface area contributed by atoms with Crippen molar-refractivity contribution in [3.8, 4) is 6.07 Å². The number of hydrogen-bond acceptors (Lipinski definition) is 9. The van der Waals surface area contributed by atoms with E-state index in [4.69, 9.17) is 25.8 Å². The lowest BCUT2D eigenvalue weighted by Gasteiger charge is -2.25. The predicted molar refractivity (Wildman–Crippen MR) is 146 cm³/mol. The van der Waals surface area contributed by atoms with Gasteiger partial charge < -0.3 is 33.9 Å². The van der Waals surface area contributed by atoms with Crippen LogP contribution < -0.4 is 5.32 Å². The number of halogens is 2. The molecule has 41 heavy (non-hydrogen) atoms. The summed E-state index contributed by atoms with van der Waals surface area (Å²) >= 11 is 6.44. The highest BCUT2D eigenvalue weighted by Gasteiger charge is 2.57. The zero-order chi connectivity index (χ0) is 29.9. The van der Waals surface area contributed by atoms with E-state index in [0.29, 0.717) is 16.7 Å². The first kappa shape index (κ1) is 29.9. The molecule has 3 aromatic rings. The van der Waals surface area contributed by atoms with E-state index in [1.54, 1.807) is 42.8 Å². The number of fused-ring (bicyclic) bond motifs is 2. The summed E-state index contributed by atoms with van der Waals surface area (Å²) in [6, 6.07) is 9.32. The Hall–Kier alpha value is -2.60. The van der Waals surface area contributed by atoms with Crippen molar-refractivity contribution in [3.05, 3.63) is 58.6 Å². The maximum Gasteiger partial charge on any atom is 0.340 e. The van der Waals surface area contributed by atoms with Crippen LogP contribution in [0.2, 0.25) is 5.15 Å². The fourth-order valence-electron chi connectivity index (χ4n) is 5.22. The van der Waals surface area contributed by atoms with E-state index in [1.807, 2.05) is 6.92 Å². The second-order valence-corrected chi connectivity index (χ2v) is 15.0. The molecule has 4 heterocycles. The molecule has 0 bridgehead atoms. The molecule has 2 aliphatic heterocycles. The molecule has 5 rings (SSSR count). The molecule has 2 fully saturated rings. The standard InChI is InChI=1S/C25H27ClFN4O8PS/c1-13(14-4-6-15(27)7-5-14)29-19-16-8-9-31(23(16)30-22(26)17(19)10-28)24-21-20(38-25(2,3)39-21)18(37-24)11-41(35,36)12-40(32,33)34/h4-9,13,18,20-21,24H,11-12H2,1-3H3,(H,29,30)(H2,32,33,34)/t13?,18-,20-,21-,24-/m1/s1. The normalized spacial score (nSPS) is 24.7. The van der Waals surface area contributed by atoms with E-state index in [-0.39, 0.29) is 22.6 Å². The summed E-state index contributed by atoms with van der Waals surface area (Å²) in [5, 5.41) is 13.6. The van der Waals surface area contributed by atoms with E-state index >= 15 is 0 Å². The molecule has 2 saturated heterocycles. The van der Waals surface area contributed by atoms with Crippen LogP contribution in [0.3, 0.4) is 0 Å². The fraction of sp³-hybridized carbons (Fsp3) is 0.440. The van der Waals surface area contributed by atoms with Crippen LogP contribution in [-0.4, -0.2) is 63.1 Å². The molecule has 0 spiro atoms. The van der Waals surface area contributed by atoms with Crippen LogP contribution in [0.1, 0.15) is 44.2 Å². The zero-order valence-electron chi connectivity index (χ0n) is 22.1. The summed E-state index contributed by atoms with van der Waals surface area (Å²) in [7, 11) is -9.08. The number of anilines is 1. The van der Waals surface area contributed by atoms with E-state index in [0.717, 1.165) is 5.56 Å². The van der Waals surface area contributed by atoms with Gasteiger partial charge in [0.15, 0.2) is 32.5 Å². The second-order valence-electron chi connectivity index (χ2n) is 10.5. The molecule has 1 aromatic carbocycles. The van der Waals surface area contributed by atoms with Gasteiger partial charge in [-0.2, -0.15) is 5.26 Å². The maximum absolute atomic E-state index is 13.4. The first-order chi connectivity index (χ1) is 19.1. The number of nitrogens with zero attached hydrogens (tertiary/aromatic N) is 3. The van der Waals surface area contributed by atoms with Crippen molar-refractivity contribution < 1.29 is 41.4 Å². The molecular weight excluding hydrogens is 602 g/mol. The fourth-order valence-corrected chi connectivity index (χ4v) is 8.68. The Morgan fingerprint density at radius 1 is 1.24 bits per heavy atom. The smallest absolute Gasteiger partial charge is 0.340 e. The Balaban J connectivity index is 1.53. The monoisotopic (exact) mass is 628 g/mol. The molecular formula is C25H27ClFN4O8PS. The summed E-state index contributed by atoms with van der Waals surface area (Å²) in [5.41, 5.74) is 0.222. The highest BCUT2D eigenvalue weighted by Crippen LogP contribution is 2.46. The first-order valence-electron chi connectivity index (χ1n) is 12.5. The minimum atomic E-state index is -4.85. The Bertz CT molecular complexity index is 1690. The predicted octanol–water partition coefficient (Wildman–Crippen LogP) is 3.84. The SMILES string of the molecule is CC(Nc1c(C#N)c(Cl)nc2c1ccn2[C@@H]1O[C@H](CS(=O)(=O)CP(=O)(O)O)[C@H]2OC(C)(C)O[C@H]21)c1ccc(F)cc1. The average Bonchev–Trinajstić information content (AvgIpc) is 3.49. The number of nitriles is 1. The quantitative estimate of drug-likeness (QED) is 0.244. The van der Waals surface area contributed by atoms with Gasteiger partial charge in [0.2, 0.25) is 0 Å². The molecule has 0 saturated carbocycles. The number of benzene rings is 1. The third-order valence-corrected chi connectivity index (χ3v) is 10.9. The molecule has 220 valence electrons. The van der Waals surface area contributed by atoms with Crippen molar-refractivity contribution in [3.63, 3.8) is 0 Å². The van der Waals surface area contributed by atoms with Gasteiger partial charge in [0.05, 0.1) is 11.4 Å². The number of sulfone groups is 1. The van der Waals surface area contributed by atoms with E-state index in [9.17, 15) is 32.4 Å². The molecule has 0 aliphatic carbocycles. The summed E-state index contributed by atoms with van der Waals surface area (Å²) in [6.07, 6.45) is -2.10. The Morgan fingerprint density at radius 2 is 1.90 bits per heavy atom. The van der Waals surface area contributed by atoms with Gasteiger partial charge in [0, 0.05) is 17.6 Å². The Kier molecular flexibility index (Phi) is 7.72. The zero-order valence-corrected chi connectivity index (χ0v) is 24.5. The summed E-state index contributed by atoms with van der Waals surface area (Å²) in [6.45, 7) is 5.15. The number of ether oxygens (including phenoxy) is 3. The second kappa shape index (κ2) is 10.6. The molecule has 16 heteroatoms. The number of hydrogen-bond donors (Lipinski definition) is 3. The number of aromatic nitrogens is 2. The molecule has 12 nitrogen and oxygen atoms in total. The van der Waals surface area contributed by atoms with E-state index in [1.165, 1.54) is 12.1 Å². The minimum absolute atomic E-state index is 0.0898. The Morgan fingerprint density at radius 3 is 2.54 bits per heavy atom. The average molecular weight is 629 g/mol. The number of rotatable bonds is 8. The highest BCUT2D eigenvalue weighted by molar-refractivity contribution is 7.97. The van der Waals surface area contributed by atoms with Crippen LogP contribution in [0.4, 0.5) is 10.1 Å². The van der Waals surface area contributed by atoms with Crippen LogP contribution in [0, 0.1) is 17.1 Å². The highest BCUT2D eigenvalue weighted by atomic mass is 35.5. The molecule has 1 unspecified atom stereocenters. The minimum Gasteiger partial charge on any atom is -0.377 e. The van der Waals surface area contributed by atoms with Gasteiger partial charge in [0.25, 0.3) is 0 Å². The van der Waals surface area contributed by atoms with Crippen LogP contribution in [0.15, 0.2) is 36.5 Å².